The van der Waals surface area contributed by atoms with Crippen molar-refractivity contribution < 1.29 is 9.47 Å². The highest BCUT2D eigenvalue weighted by Crippen LogP contribution is 2.34. The van der Waals surface area contributed by atoms with Crippen molar-refractivity contribution in [2.45, 2.75) is 52.2 Å². The predicted molar refractivity (Wildman–Crippen MR) is 65.2 cm³/mol. The van der Waals surface area contributed by atoms with Gasteiger partial charge in [0.25, 0.3) is 0 Å². The van der Waals surface area contributed by atoms with Crippen LogP contribution in [0.1, 0.15) is 46.0 Å². The van der Waals surface area contributed by atoms with Crippen molar-refractivity contribution in [1.82, 2.24) is 0 Å². The van der Waals surface area contributed by atoms with Gasteiger partial charge in [-0.05, 0) is 25.7 Å². The van der Waals surface area contributed by atoms with Gasteiger partial charge in [-0.3, -0.25) is 0 Å². The molecule has 1 saturated heterocycles. The molecule has 0 bridgehead atoms. The maximum Gasteiger partial charge on any atom is 0.160 e. The van der Waals surface area contributed by atoms with Crippen LogP contribution >= 0.6 is 0 Å². The van der Waals surface area contributed by atoms with Gasteiger partial charge < -0.3 is 9.47 Å². The summed E-state index contributed by atoms with van der Waals surface area (Å²) in [6.45, 7) is 6.23. The minimum atomic E-state index is 0.0508. The van der Waals surface area contributed by atoms with E-state index in [4.69, 9.17) is 9.47 Å². The zero-order valence-electron chi connectivity index (χ0n) is 10.6. The zero-order valence-corrected chi connectivity index (χ0v) is 10.6. The number of allylic oxidation sites excluding steroid dienone is 2. The Morgan fingerprint density at radius 3 is 2.56 bits per heavy atom. The Hall–Kier alpha value is -0.340. The summed E-state index contributed by atoms with van der Waals surface area (Å²) in [4.78, 5) is 0. The van der Waals surface area contributed by atoms with Gasteiger partial charge >= 0.3 is 0 Å². The van der Waals surface area contributed by atoms with Gasteiger partial charge in [0.05, 0.1) is 13.2 Å². The molecule has 1 atom stereocenters. The summed E-state index contributed by atoms with van der Waals surface area (Å²) < 4.78 is 11.9. The van der Waals surface area contributed by atoms with Gasteiger partial charge in [0.2, 0.25) is 0 Å². The molecule has 0 N–H and O–H groups in total. The summed E-state index contributed by atoms with van der Waals surface area (Å²) in [6.07, 6.45) is 10.5. The molecule has 2 nitrogen and oxygen atoms in total. The highest BCUT2D eigenvalue weighted by molar-refractivity contribution is 4.92. The average Bonchev–Trinajstić information content (AvgIpc) is 2.31. The van der Waals surface area contributed by atoms with Crippen LogP contribution in [-0.4, -0.2) is 19.5 Å². The van der Waals surface area contributed by atoms with Crippen LogP contribution in [0.4, 0.5) is 0 Å². The molecule has 2 rings (SSSR count). The molecular formula is C14H24O2. The zero-order chi connectivity index (χ0) is 11.4. The van der Waals surface area contributed by atoms with E-state index in [1.807, 2.05) is 0 Å². The molecule has 1 heterocycles. The summed E-state index contributed by atoms with van der Waals surface area (Å²) in [6, 6.07) is 0. The van der Waals surface area contributed by atoms with E-state index in [0.29, 0.717) is 5.92 Å². The van der Waals surface area contributed by atoms with Crippen LogP contribution in [-0.2, 0) is 9.47 Å². The lowest BCUT2D eigenvalue weighted by Gasteiger charge is -2.40. The quantitative estimate of drug-likeness (QED) is 0.683. The fourth-order valence-corrected chi connectivity index (χ4v) is 2.74. The molecule has 1 aliphatic carbocycles. The van der Waals surface area contributed by atoms with E-state index < -0.39 is 0 Å². The Kier molecular flexibility index (Phi) is 4.04. The van der Waals surface area contributed by atoms with Crippen molar-refractivity contribution in [2.24, 2.45) is 11.3 Å². The average molecular weight is 224 g/mol. The molecule has 1 aliphatic heterocycles. The topological polar surface area (TPSA) is 18.5 Å². The predicted octanol–water partition coefficient (Wildman–Crippen LogP) is 3.52. The van der Waals surface area contributed by atoms with Gasteiger partial charge in [-0.25, -0.2) is 0 Å². The van der Waals surface area contributed by atoms with Crippen LogP contribution in [0.15, 0.2) is 12.2 Å². The molecule has 0 spiro atoms. The maximum absolute atomic E-state index is 5.93. The highest BCUT2D eigenvalue weighted by atomic mass is 16.7. The third-order valence-corrected chi connectivity index (χ3v) is 3.74. The van der Waals surface area contributed by atoms with Crippen molar-refractivity contribution >= 4 is 0 Å². The third-order valence-electron chi connectivity index (χ3n) is 3.74. The van der Waals surface area contributed by atoms with Gasteiger partial charge in [0.15, 0.2) is 6.29 Å². The second-order valence-corrected chi connectivity index (χ2v) is 5.60. The minimum Gasteiger partial charge on any atom is -0.352 e. The fourth-order valence-electron chi connectivity index (χ4n) is 2.74. The van der Waals surface area contributed by atoms with E-state index in [-0.39, 0.29) is 11.7 Å². The molecular weight excluding hydrogens is 200 g/mol. The summed E-state index contributed by atoms with van der Waals surface area (Å²) in [5.74, 6) is 0.580. The first-order chi connectivity index (χ1) is 7.73. The second-order valence-electron chi connectivity index (χ2n) is 5.60. The summed E-state index contributed by atoms with van der Waals surface area (Å²) >= 11 is 0. The van der Waals surface area contributed by atoms with Crippen molar-refractivity contribution in [3.05, 3.63) is 12.2 Å². The van der Waals surface area contributed by atoms with Gasteiger partial charge in [-0.1, -0.05) is 32.4 Å². The van der Waals surface area contributed by atoms with Gasteiger partial charge in [0, 0.05) is 11.3 Å². The van der Waals surface area contributed by atoms with E-state index in [2.05, 4.69) is 26.0 Å². The van der Waals surface area contributed by atoms with Gasteiger partial charge in [-0.2, -0.15) is 0 Å². The van der Waals surface area contributed by atoms with Crippen LogP contribution in [0, 0.1) is 11.3 Å². The minimum absolute atomic E-state index is 0.0508. The maximum atomic E-state index is 5.93. The molecule has 1 unspecified atom stereocenters. The molecule has 0 radical (unpaired) electrons. The van der Waals surface area contributed by atoms with Crippen molar-refractivity contribution in [3.63, 3.8) is 0 Å². The molecule has 92 valence electrons. The van der Waals surface area contributed by atoms with Crippen LogP contribution in [0.2, 0.25) is 0 Å². The molecule has 0 aromatic rings. The first kappa shape index (κ1) is 12.1. The summed E-state index contributed by atoms with van der Waals surface area (Å²) in [5, 5.41) is 0. The Morgan fingerprint density at radius 1 is 1.25 bits per heavy atom. The molecule has 0 saturated carbocycles. The fraction of sp³-hybridized carbons (Fsp3) is 0.857. The van der Waals surface area contributed by atoms with E-state index in [1.165, 1.54) is 25.7 Å². The number of rotatable bonds is 3. The van der Waals surface area contributed by atoms with Crippen molar-refractivity contribution in [2.75, 3.05) is 13.2 Å². The summed E-state index contributed by atoms with van der Waals surface area (Å²) in [7, 11) is 0. The largest absolute Gasteiger partial charge is 0.352 e. The van der Waals surface area contributed by atoms with Crippen molar-refractivity contribution in [1.29, 1.82) is 0 Å². The molecule has 2 aliphatic rings. The Labute approximate surface area is 99.0 Å². The SMILES string of the molecule is CCCC1(C)COC(C2CC=CCC2)OC1. The molecule has 0 aromatic heterocycles. The van der Waals surface area contributed by atoms with E-state index in [9.17, 15) is 0 Å². The third kappa shape index (κ3) is 2.86. The van der Waals surface area contributed by atoms with Crippen LogP contribution in [0.25, 0.3) is 0 Å². The van der Waals surface area contributed by atoms with Gasteiger partial charge in [0.1, 0.15) is 0 Å². The van der Waals surface area contributed by atoms with E-state index in [0.717, 1.165) is 19.6 Å². The van der Waals surface area contributed by atoms with Crippen molar-refractivity contribution in [3.8, 4) is 0 Å². The second kappa shape index (κ2) is 5.33. The van der Waals surface area contributed by atoms with Gasteiger partial charge in [-0.15, -0.1) is 0 Å². The normalized spacial score (nSPS) is 39.9. The summed E-state index contributed by atoms with van der Waals surface area (Å²) in [5.41, 5.74) is 0.246. The molecule has 2 heteroatoms. The molecule has 16 heavy (non-hydrogen) atoms. The lowest BCUT2D eigenvalue weighted by Crippen LogP contribution is -2.43. The molecule has 1 fully saturated rings. The number of hydrogen-bond acceptors (Lipinski definition) is 2. The first-order valence-electron chi connectivity index (χ1n) is 6.62. The van der Waals surface area contributed by atoms with Crippen LogP contribution in [0.3, 0.4) is 0 Å². The van der Waals surface area contributed by atoms with E-state index >= 15 is 0 Å². The Balaban J connectivity index is 1.82. The van der Waals surface area contributed by atoms with Crippen LogP contribution < -0.4 is 0 Å². The lowest BCUT2D eigenvalue weighted by atomic mass is 9.86. The molecule has 0 amide bonds. The standard InChI is InChI=1S/C14H24O2/c1-3-9-14(2)10-15-13(16-11-14)12-7-5-4-6-8-12/h4-5,12-13H,3,6-11H2,1-2H3. The number of hydrogen-bond donors (Lipinski definition) is 0. The number of ether oxygens (including phenoxy) is 2. The lowest BCUT2D eigenvalue weighted by molar-refractivity contribution is -0.248. The van der Waals surface area contributed by atoms with Crippen LogP contribution in [0.5, 0.6) is 0 Å². The molecule has 0 aromatic carbocycles. The Bertz CT molecular complexity index is 239. The van der Waals surface area contributed by atoms with E-state index in [1.54, 1.807) is 0 Å². The Morgan fingerprint density at radius 2 is 2.00 bits per heavy atom. The monoisotopic (exact) mass is 224 g/mol. The smallest absolute Gasteiger partial charge is 0.160 e. The highest BCUT2D eigenvalue weighted by Gasteiger charge is 2.35. The first-order valence-corrected chi connectivity index (χ1v) is 6.62.